The monoisotopic (exact) mass is 444 g/mol. The lowest BCUT2D eigenvalue weighted by atomic mass is 10.2. The van der Waals surface area contributed by atoms with E-state index in [1.807, 2.05) is 13.8 Å². The number of nitrogens with two attached hydrogens (primary N) is 1. The van der Waals surface area contributed by atoms with Crippen molar-refractivity contribution in [3.05, 3.63) is 50.7 Å². The van der Waals surface area contributed by atoms with Gasteiger partial charge in [-0.2, -0.15) is 0 Å². The van der Waals surface area contributed by atoms with Crippen LogP contribution in [0.2, 0.25) is 0 Å². The third kappa shape index (κ3) is 7.06. The number of halogens is 3. The summed E-state index contributed by atoms with van der Waals surface area (Å²) < 4.78 is 47.4. The summed E-state index contributed by atoms with van der Waals surface area (Å²) in [4.78, 5) is 28.8. The van der Waals surface area contributed by atoms with Crippen LogP contribution in [0.4, 0.5) is 24.7 Å². The van der Waals surface area contributed by atoms with Crippen LogP contribution in [0.5, 0.6) is 5.75 Å². The van der Waals surface area contributed by atoms with Crippen molar-refractivity contribution in [1.82, 2.24) is 9.55 Å². The maximum atomic E-state index is 12.6. The molecule has 1 aromatic heterocycles. The molecule has 0 saturated heterocycles. The van der Waals surface area contributed by atoms with Crippen molar-refractivity contribution in [3.8, 4) is 5.75 Å². The molecule has 0 atom stereocenters. The molecule has 0 unspecified atom stereocenters. The Bertz CT molecular complexity index is 968. The van der Waals surface area contributed by atoms with Crippen LogP contribution in [0.15, 0.2) is 33.9 Å². The zero-order valence-electron chi connectivity index (χ0n) is 17.7. The Morgan fingerprint density at radius 3 is 2.39 bits per heavy atom. The van der Waals surface area contributed by atoms with Gasteiger partial charge in [0.15, 0.2) is 0 Å². The lowest BCUT2D eigenvalue weighted by molar-refractivity contribution is -0.274. The van der Waals surface area contributed by atoms with Gasteiger partial charge in [-0.05, 0) is 30.0 Å². The first kappa shape index (κ1) is 24.3. The van der Waals surface area contributed by atoms with Crippen molar-refractivity contribution < 1.29 is 22.6 Å². The molecule has 0 aliphatic heterocycles. The summed E-state index contributed by atoms with van der Waals surface area (Å²) in [5, 5.41) is 0. The third-order valence-electron chi connectivity index (χ3n) is 4.38. The van der Waals surface area contributed by atoms with E-state index in [4.69, 9.17) is 10.5 Å². The lowest BCUT2D eigenvalue weighted by Crippen LogP contribution is -2.39. The molecule has 1 aromatic carbocycles. The first-order valence-corrected chi connectivity index (χ1v) is 9.73. The smallest absolute Gasteiger partial charge is 0.406 e. The molecular formula is C20H27F3N4O4. The van der Waals surface area contributed by atoms with E-state index >= 15 is 0 Å². The van der Waals surface area contributed by atoms with Gasteiger partial charge in [0.25, 0.3) is 5.56 Å². The quantitative estimate of drug-likeness (QED) is 0.547. The molecule has 0 aliphatic carbocycles. The van der Waals surface area contributed by atoms with Crippen LogP contribution in [-0.2, 0) is 17.8 Å². The number of rotatable bonds is 10. The van der Waals surface area contributed by atoms with Gasteiger partial charge in [-0.25, -0.2) is 4.79 Å². The molecule has 8 nitrogen and oxygen atoms in total. The number of anilines is 2. The molecule has 0 fully saturated rings. The number of hydrogen-bond acceptors (Lipinski definition) is 6. The number of nitrogens with zero attached hydrogens (tertiary/aromatic N) is 2. The number of aromatic amines is 1. The highest BCUT2D eigenvalue weighted by molar-refractivity contribution is 5.62. The highest BCUT2D eigenvalue weighted by Crippen LogP contribution is 2.25. The Morgan fingerprint density at radius 2 is 1.84 bits per heavy atom. The molecule has 0 bridgehead atoms. The molecule has 172 valence electrons. The molecule has 0 aliphatic rings. The summed E-state index contributed by atoms with van der Waals surface area (Å²) in [7, 11) is 1.55. The van der Waals surface area contributed by atoms with Crippen LogP contribution < -0.4 is 26.6 Å². The number of methoxy groups -OCH3 is 1. The second kappa shape index (κ2) is 10.4. The van der Waals surface area contributed by atoms with Crippen LogP contribution in [-0.4, -0.2) is 36.2 Å². The maximum absolute atomic E-state index is 12.6. The Balaban J connectivity index is 2.38. The first-order chi connectivity index (χ1) is 14.5. The van der Waals surface area contributed by atoms with Crippen molar-refractivity contribution in [2.45, 2.75) is 39.7 Å². The zero-order chi connectivity index (χ0) is 23.2. The van der Waals surface area contributed by atoms with Crippen LogP contribution in [0, 0.1) is 5.92 Å². The fraction of sp³-hybridized carbons (Fsp3) is 0.500. The Hall–Kier alpha value is -2.95. The molecule has 3 N–H and O–H groups in total. The topological polar surface area (TPSA) is 103 Å². The van der Waals surface area contributed by atoms with Gasteiger partial charge < -0.3 is 20.1 Å². The minimum atomic E-state index is -4.78. The van der Waals surface area contributed by atoms with Gasteiger partial charge in [0.1, 0.15) is 17.3 Å². The first-order valence-electron chi connectivity index (χ1n) is 9.73. The Kier molecular flexibility index (Phi) is 8.14. The number of nitrogens with one attached hydrogen (secondary N) is 1. The van der Waals surface area contributed by atoms with Crippen LogP contribution in [0.25, 0.3) is 0 Å². The standard InChI is InChI=1S/C20H27F3N4O4/c1-13(2)11-27-17(24)16(18(28)25-19(27)29)26(9-4-10-30-3)12-14-5-7-15(8-6-14)31-20(21,22)23/h5-8,13H,4,9-12,24H2,1-3H3,(H,25,28,29). The summed E-state index contributed by atoms with van der Waals surface area (Å²) >= 11 is 0. The summed E-state index contributed by atoms with van der Waals surface area (Å²) in [6.07, 6.45) is -4.21. The van der Waals surface area contributed by atoms with Crippen LogP contribution in [0.3, 0.4) is 0 Å². The van der Waals surface area contributed by atoms with E-state index in [1.165, 1.54) is 28.8 Å². The van der Waals surface area contributed by atoms with Gasteiger partial charge in [0.05, 0.1) is 0 Å². The maximum Gasteiger partial charge on any atom is 0.573 e. The second-order valence-electron chi connectivity index (χ2n) is 7.46. The number of nitrogen functional groups attached to an aromatic ring is 1. The number of alkyl halides is 3. The third-order valence-corrected chi connectivity index (χ3v) is 4.38. The fourth-order valence-corrected chi connectivity index (χ4v) is 3.12. The normalized spacial score (nSPS) is 11.7. The van der Waals surface area contributed by atoms with E-state index in [2.05, 4.69) is 9.72 Å². The van der Waals surface area contributed by atoms with Crippen molar-refractivity contribution in [2.75, 3.05) is 30.9 Å². The van der Waals surface area contributed by atoms with E-state index in [1.54, 1.807) is 12.0 Å². The number of benzene rings is 1. The van der Waals surface area contributed by atoms with Gasteiger partial charge in [-0.15, -0.1) is 13.2 Å². The summed E-state index contributed by atoms with van der Waals surface area (Å²) in [6.45, 7) is 5.14. The molecular weight excluding hydrogens is 417 g/mol. The number of hydrogen-bond donors (Lipinski definition) is 2. The van der Waals surface area contributed by atoms with Crippen molar-refractivity contribution in [1.29, 1.82) is 0 Å². The van der Waals surface area contributed by atoms with E-state index in [-0.39, 0.29) is 29.7 Å². The second-order valence-corrected chi connectivity index (χ2v) is 7.46. The van der Waals surface area contributed by atoms with Gasteiger partial charge in [-0.1, -0.05) is 26.0 Å². The molecule has 0 radical (unpaired) electrons. The average Bonchev–Trinajstić information content (AvgIpc) is 2.65. The van der Waals surface area contributed by atoms with Gasteiger partial charge in [-0.3, -0.25) is 14.3 Å². The Morgan fingerprint density at radius 1 is 1.19 bits per heavy atom. The van der Waals surface area contributed by atoms with E-state index in [0.29, 0.717) is 31.7 Å². The summed E-state index contributed by atoms with van der Waals surface area (Å²) in [6, 6.07) is 5.34. The molecule has 0 spiro atoms. The number of aromatic nitrogens is 2. The van der Waals surface area contributed by atoms with Crippen molar-refractivity contribution >= 4 is 11.5 Å². The minimum absolute atomic E-state index is 0.0388. The van der Waals surface area contributed by atoms with Crippen LogP contribution >= 0.6 is 0 Å². The van der Waals surface area contributed by atoms with Crippen LogP contribution in [0.1, 0.15) is 25.8 Å². The highest BCUT2D eigenvalue weighted by Gasteiger charge is 2.31. The van der Waals surface area contributed by atoms with E-state index < -0.39 is 17.6 Å². The molecule has 0 amide bonds. The number of ether oxygens (including phenoxy) is 2. The van der Waals surface area contributed by atoms with Crippen molar-refractivity contribution in [3.63, 3.8) is 0 Å². The molecule has 0 saturated carbocycles. The molecule has 2 rings (SSSR count). The molecule has 31 heavy (non-hydrogen) atoms. The molecule has 11 heteroatoms. The predicted molar refractivity (Wildman–Crippen MR) is 111 cm³/mol. The summed E-state index contributed by atoms with van der Waals surface area (Å²) in [5.74, 6) is -0.191. The average molecular weight is 444 g/mol. The fourth-order valence-electron chi connectivity index (χ4n) is 3.12. The van der Waals surface area contributed by atoms with Gasteiger partial charge in [0, 0.05) is 33.4 Å². The van der Waals surface area contributed by atoms with Gasteiger partial charge in [0.2, 0.25) is 0 Å². The minimum Gasteiger partial charge on any atom is -0.406 e. The zero-order valence-corrected chi connectivity index (χ0v) is 17.7. The summed E-state index contributed by atoms with van der Waals surface area (Å²) in [5.41, 5.74) is 5.75. The molecule has 1 heterocycles. The lowest BCUT2D eigenvalue weighted by Gasteiger charge is -2.26. The SMILES string of the molecule is COCCCN(Cc1ccc(OC(F)(F)F)cc1)c1c(N)n(CC(C)C)c(=O)[nH]c1=O. The van der Waals surface area contributed by atoms with Crippen molar-refractivity contribution in [2.24, 2.45) is 5.92 Å². The largest absolute Gasteiger partial charge is 0.573 e. The van der Waals surface area contributed by atoms with E-state index in [0.717, 1.165) is 0 Å². The highest BCUT2D eigenvalue weighted by atomic mass is 19.4. The van der Waals surface area contributed by atoms with Gasteiger partial charge >= 0.3 is 12.1 Å². The predicted octanol–water partition coefficient (Wildman–Crippen LogP) is 2.72. The Labute approximate surface area is 177 Å². The molecule has 2 aromatic rings. The van der Waals surface area contributed by atoms with E-state index in [9.17, 15) is 22.8 Å². The number of H-pyrrole nitrogens is 1.